The molecule has 0 aliphatic heterocycles. The molecule has 0 spiro atoms. The van der Waals surface area contributed by atoms with Gasteiger partial charge >= 0.3 is 6.09 Å². The molecule has 14 heavy (non-hydrogen) atoms. The molecule has 0 bridgehead atoms. The maximum absolute atomic E-state index is 11.0. The first-order valence-corrected chi connectivity index (χ1v) is 4.37. The van der Waals surface area contributed by atoms with Crippen LogP contribution >= 0.6 is 11.6 Å². The minimum Gasteiger partial charge on any atom is -0.420 e. The average molecular weight is 216 g/mol. The van der Waals surface area contributed by atoms with Gasteiger partial charge < -0.3 is 9.84 Å². The molecule has 76 valence electrons. The van der Waals surface area contributed by atoms with Gasteiger partial charge in [-0.1, -0.05) is 17.7 Å². The third-order valence-electron chi connectivity index (χ3n) is 1.35. The quantitative estimate of drug-likeness (QED) is 0.744. The fourth-order valence-corrected chi connectivity index (χ4v) is 1.06. The molecule has 1 aromatic carbocycles. The van der Waals surface area contributed by atoms with E-state index in [0.717, 1.165) is 0 Å². The van der Waals surface area contributed by atoms with Gasteiger partial charge in [0.25, 0.3) is 0 Å². The minimum absolute atomic E-state index is 0.514. The predicted molar refractivity (Wildman–Crippen MR) is 53.2 cm³/mol. The van der Waals surface area contributed by atoms with Crippen LogP contribution in [0.1, 0.15) is 6.92 Å². The van der Waals surface area contributed by atoms with Gasteiger partial charge in [0.1, 0.15) is 0 Å². The van der Waals surface area contributed by atoms with Crippen LogP contribution in [-0.2, 0) is 4.74 Å². The van der Waals surface area contributed by atoms with E-state index in [1.165, 1.54) is 6.92 Å². The maximum atomic E-state index is 11.0. The van der Waals surface area contributed by atoms with Gasteiger partial charge in [-0.05, 0) is 25.1 Å². The molecule has 1 rings (SSSR count). The summed E-state index contributed by atoms with van der Waals surface area (Å²) in [5.74, 6) is 0. The zero-order valence-corrected chi connectivity index (χ0v) is 8.28. The molecular weight excluding hydrogens is 206 g/mol. The van der Waals surface area contributed by atoms with Gasteiger partial charge in [-0.15, -0.1) is 0 Å². The van der Waals surface area contributed by atoms with Crippen molar-refractivity contribution in [2.24, 2.45) is 0 Å². The van der Waals surface area contributed by atoms with E-state index >= 15 is 0 Å². The number of anilines is 1. The molecule has 0 aromatic heterocycles. The number of hydrogen-bond acceptors (Lipinski definition) is 3. The average Bonchev–Trinajstić information content (AvgIpc) is 2.01. The van der Waals surface area contributed by atoms with E-state index in [9.17, 15) is 4.79 Å². The molecule has 1 unspecified atom stereocenters. The summed E-state index contributed by atoms with van der Waals surface area (Å²) in [5, 5.41) is 11.7. The lowest BCUT2D eigenvalue weighted by atomic mass is 10.3. The van der Waals surface area contributed by atoms with E-state index in [2.05, 4.69) is 10.1 Å². The van der Waals surface area contributed by atoms with E-state index in [-0.39, 0.29) is 0 Å². The van der Waals surface area contributed by atoms with Crippen molar-refractivity contribution in [1.82, 2.24) is 0 Å². The van der Waals surface area contributed by atoms with Crippen LogP contribution in [0.25, 0.3) is 0 Å². The summed E-state index contributed by atoms with van der Waals surface area (Å²) in [6, 6.07) is 6.62. The summed E-state index contributed by atoms with van der Waals surface area (Å²) in [7, 11) is 0. The van der Waals surface area contributed by atoms with E-state index in [0.29, 0.717) is 10.7 Å². The zero-order chi connectivity index (χ0) is 10.6. The van der Waals surface area contributed by atoms with Crippen molar-refractivity contribution in [3.8, 4) is 0 Å². The molecule has 1 atom stereocenters. The Bertz CT molecular complexity index is 328. The summed E-state index contributed by atoms with van der Waals surface area (Å²) >= 11 is 5.69. The monoisotopic (exact) mass is 215 g/mol. The lowest BCUT2D eigenvalue weighted by Crippen LogP contribution is -2.19. The van der Waals surface area contributed by atoms with Gasteiger partial charge in [0.15, 0.2) is 6.29 Å². The fourth-order valence-electron chi connectivity index (χ4n) is 0.868. The van der Waals surface area contributed by atoms with Crippen molar-refractivity contribution >= 4 is 23.4 Å². The van der Waals surface area contributed by atoms with Crippen molar-refractivity contribution in [3.63, 3.8) is 0 Å². The van der Waals surface area contributed by atoms with Gasteiger partial charge in [0, 0.05) is 10.7 Å². The number of aliphatic hydroxyl groups excluding tert-OH is 1. The molecule has 0 heterocycles. The Hall–Kier alpha value is -1.26. The highest BCUT2D eigenvalue weighted by molar-refractivity contribution is 6.30. The molecule has 0 fully saturated rings. The maximum Gasteiger partial charge on any atom is 0.413 e. The third kappa shape index (κ3) is 3.64. The minimum atomic E-state index is -1.13. The predicted octanol–water partition coefficient (Wildman–Crippen LogP) is 2.23. The smallest absolute Gasteiger partial charge is 0.413 e. The fraction of sp³-hybridized carbons (Fsp3) is 0.222. The Kier molecular flexibility index (Phi) is 3.73. The molecule has 0 aliphatic carbocycles. The number of carbonyl (C=O) groups is 1. The standard InChI is InChI=1S/C9H10ClNO3/c1-6(12)14-9(13)11-8-4-2-3-7(10)5-8/h2-6,12H,1H3,(H,11,13). The first kappa shape index (κ1) is 10.8. The number of ether oxygens (including phenoxy) is 1. The molecule has 0 radical (unpaired) electrons. The second kappa shape index (κ2) is 4.83. The van der Waals surface area contributed by atoms with Gasteiger partial charge in [-0.25, -0.2) is 4.79 Å². The molecular formula is C9H10ClNO3. The Morgan fingerprint density at radius 2 is 2.36 bits per heavy atom. The van der Waals surface area contributed by atoms with Crippen molar-refractivity contribution in [3.05, 3.63) is 29.3 Å². The Morgan fingerprint density at radius 3 is 2.93 bits per heavy atom. The highest BCUT2D eigenvalue weighted by Gasteiger charge is 2.05. The molecule has 4 nitrogen and oxygen atoms in total. The van der Waals surface area contributed by atoms with Crippen molar-refractivity contribution < 1.29 is 14.6 Å². The largest absolute Gasteiger partial charge is 0.420 e. The number of benzene rings is 1. The second-order valence-corrected chi connectivity index (χ2v) is 3.08. The van der Waals surface area contributed by atoms with Crippen molar-refractivity contribution in [2.45, 2.75) is 13.2 Å². The number of amides is 1. The summed E-state index contributed by atoms with van der Waals surface area (Å²) in [4.78, 5) is 11.0. The molecule has 0 saturated carbocycles. The van der Waals surface area contributed by atoms with Gasteiger partial charge in [0.2, 0.25) is 0 Å². The van der Waals surface area contributed by atoms with Crippen molar-refractivity contribution in [1.29, 1.82) is 0 Å². The first-order valence-electron chi connectivity index (χ1n) is 3.99. The molecule has 0 aliphatic rings. The number of nitrogens with one attached hydrogen (secondary N) is 1. The Labute approximate surface area is 86.4 Å². The van der Waals surface area contributed by atoms with Crippen LogP contribution in [0.15, 0.2) is 24.3 Å². The van der Waals surface area contributed by atoms with Gasteiger partial charge in [-0.2, -0.15) is 0 Å². The number of rotatable bonds is 2. The van der Waals surface area contributed by atoms with Crippen LogP contribution in [-0.4, -0.2) is 17.5 Å². The van der Waals surface area contributed by atoms with Gasteiger partial charge in [0.05, 0.1) is 0 Å². The Morgan fingerprint density at radius 1 is 1.64 bits per heavy atom. The number of aliphatic hydroxyl groups is 1. The molecule has 2 N–H and O–H groups in total. The SMILES string of the molecule is CC(O)OC(=O)Nc1cccc(Cl)c1. The summed E-state index contributed by atoms with van der Waals surface area (Å²) < 4.78 is 4.46. The van der Waals surface area contributed by atoms with E-state index in [1.54, 1.807) is 24.3 Å². The summed E-state index contributed by atoms with van der Waals surface area (Å²) in [5.41, 5.74) is 0.517. The number of halogens is 1. The van der Waals surface area contributed by atoms with E-state index in [4.69, 9.17) is 16.7 Å². The van der Waals surface area contributed by atoms with E-state index < -0.39 is 12.4 Å². The lowest BCUT2D eigenvalue weighted by Gasteiger charge is -2.08. The normalized spacial score (nSPS) is 11.9. The van der Waals surface area contributed by atoms with E-state index in [1.807, 2.05) is 0 Å². The van der Waals surface area contributed by atoms with Crippen LogP contribution < -0.4 is 5.32 Å². The molecule has 1 aromatic rings. The van der Waals surface area contributed by atoms with Crippen molar-refractivity contribution in [2.75, 3.05) is 5.32 Å². The summed E-state index contributed by atoms with van der Waals surface area (Å²) in [6.07, 6.45) is -1.85. The van der Waals surface area contributed by atoms with Crippen LogP contribution in [0.3, 0.4) is 0 Å². The first-order chi connectivity index (χ1) is 6.58. The summed E-state index contributed by atoms with van der Waals surface area (Å²) in [6.45, 7) is 1.34. The van der Waals surface area contributed by atoms with Gasteiger partial charge in [-0.3, -0.25) is 5.32 Å². The highest BCUT2D eigenvalue weighted by atomic mass is 35.5. The topological polar surface area (TPSA) is 58.6 Å². The van der Waals surface area contributed by atoms with Crippen LogP contribution in [0.4, 0.5) is 10.5 Å². The van der Waals surface area contributed by atoms with Crippen LogP contribution in [0.2, 0.25) is 5.02 Å². The molecule has 1 amide bonds. The third-order valence-corrected chi connectivity index (χ3v) is 1.58. The molecule has 5 heteroatoms. The lowest BCUT2D eigenvalue weighted by molar-refractivity contribution is -0.0314. The van der Waals surface area contributed by atoms with Crippen LogP contribution in [0, 0.1) is 0 Å². The van der Waals surface area contributed by atoms with Crippen LogP contribution in [0.5, 0.6) is 0 Å². The Balaban J connectivity index is 2.56. The second-order valence-electron chi connectivity index (χ2n) is 2.64. The molecule has 0 saturated heterocycles. The zero-order valence-electron chi connectivity index (χ0n) is 7.53. The highest BCUT2D eigenvalue weighted by Crippen LogP contribution is 2.14. The number of carbonyl (C=O) groups excluding carboxylic acids is 1. The number of hydrogen-bond donors (Lipinski definition) is 2.